The number of hydrogen-bond acceptors (Lipinski definition) is 2. The number of unbranched alkanes of at least 4 members (excludes halogenated alkanes) is 1. The lowest BCUT2D eigenvalue weighted by molar-refractivity contribution is 0.383. The van der Waals surface area contributed by atoms with Gasteiger partial charge in [0.25, 0.3) is 0 Å². The molecule has 0 saturated heterocycles. The zero-order valence-corrected chi connectivity index (χ0v) is 11.9. The fourth-order valence-corrected chi connectivity index (χ4v) is 2.17. The Balaban J connectivity index is 2.91. The van der Waals surface area contributed by atoms with Crippen LogP contribution in [-0.2, 0) is 0 Å². The van der Waals surface area contributed by atoms with Crippen molar-refractivity contribution in [1.29, 1.82) is 0 Å². The molecule has 1 aromatic carbocycles. The second kappa shape index (κ2) is 8.70. The summed E-state index contributed by atoms with van der Waals surface area (Å²) in [7, 11) is 1.58. The number of methoxy groups -OCH3 is 1. The third kappa shape index (κ3) is 4.67. The predicted molar refractivity (Wildman–Crippen MR) is 78.0 cm³/mol. The van der Waals surface area contributed by atoms with E-state index in [2.05, 4.69) is 18.8 Å². The molecule has 0 spiro atoms. The summed E-state index contributed by atoms with van der Waals surface area (Å²) in [4.78, 5) is 0. The van der Waals surface area contributed by atoms with Crippen molar-refractivity contribution in [3.8, 4) is 5.75 Å². The minimum absolute atomic E-state index is 0.00366. The molecule has 0 aliphatic heterocycles. The Bertz CT molecular complexity index is 392. The molecule has 1 unspecified atom stereocenters. The van der Waals surface area contributed by atoms with E-state index in [1.54, 1.807) is 13.2 Å². The fourth-order valence-electron chi connectivity index (χ4n) is 2.17. The van der Waals surface area contributed by atoms with Gasteiger partial charge in [-0.3, -0.25) is 0 Å². The normalized spacial score (nSPS) is 12.2. The van der Waals surface area contributed by atoms with E-state index in [0.717, 1.165) is 32.2 Å². The van der Waals surface area contributed by atoms with Crippen LogP contribution in [0.1, 0.15) is 44.2 Å². The predicted octanol–water partition coefficient (Wildman–Crippen LogP) is 4.23. The third-order valence-corrected chi connectivity index (χ3v) is 3.12. The molecule has 106 valence electrons. The van der Waals surface area contributed by atoms with E-state index in [9.17, 15) is 4.39 Å². The molecule has 0 aliphatic rings. The van der Waals surface area contributed by atoms with Gasteiger partial charge in [0.1, 0.15) is 11.6 Å². The quantitative estimate of drug-likeness (QED) is 0.533. The monoisotopic (exact) mass is 265 g/mol. The Kier molecular flexibility index (Phi) is 7.19. The topological polar surface area (TPSA) is 21.3 Å². The summed E-state index contributed by atoms with van der Waals surface area (Å²) < 4.78 is 19.4. The van der Waals surface area contributed by atoms with Crippen LogP contribution in [0.2, 0.25) is 0 Å². The molecule has 2 nitrogen and oxygen atoms in total. The van der Waals surface area contributed by atoms with Crippen molar-refractivity contribution < 1.29 is 9.13 Å². The molecule has 0 aromatic heterocycles. The molecule has 0 bridgehead atoms. The molecule has 0 aliphatic carbocycles. The number of halogens is 1. The van der Waals surface area contributed by atoms with Gasteiger partial charge in [-0.25, -0.2) is 4.39 Å². The van der Waals surface area contributed by atoms with Crippen LogP contribution in [0.25, 0.3) is 0 Å². The molecular weight excluding hydrogens is 241 g/mol. The highest BCUT2D eigenvalue weighted by molar-refractivity contribution is 5.37. The molecule has 1 rings (SSSR count). The summed E-state index contributed by atoms with van der Waals surface area (Å²) in [5.74, 6) is 0.416. The molecule has 0 heterocycles. The van der Waals surface area contributed by atoms with Crippen molar-refractivity contribution in [2.75, 3.05) is 13.7 Å². The van der Waals surface area contributed by atoms with E-state index in [4.69, 9.17) is 4.74 Å². The maximum atomic E-state index is 14.1. The van der Waals surface area contributed by atoms with Gasteiger partial charge >= 0.3 is 0 Å². The van der Waals surface area contributed by atoms with Crippen LogP contribution in [0, 0.1) is 5.82 Å². The van der Waals surface area contributed by atoms with Crippen molar-refractivity contribution >= 4 is 0 Å². The number of hydrogen-bond donors (Lipinski definition) is 1. The van der Waals surface area contributed by atoms with Gasteiger partial charge in [-0.2, -0.15) is 0 Å². The third-order valence-electron chi connectivity index (χ3n) is 3.12. The van der Waals surface area contributed by atoms with Crippen LogP contribution in [-0.4, -0.2) is 13.7 Å². The molecule has 19 heavy (non-hydrogen) atoms. The average Bonchev–Trinajstić information content (AvgIpc) is 2.43. The highest BCUT2D eigenvalue weighted by Gasteiger charge is 2.19. The van der Waals surface area contributed by atoms with Crippen LogP contribution < -0.4 is 10.1 Å². The lowest BCUT2D eigenvalue weighted by atomic mass is 9.99. The van der Waals surface area contributed by atoms with E-state index in [1.807, 2.05) is 12.1 Å². The smallest absolute Gasteiger partial charge is 0.131 e. The zero-order chi connectivity index (χ0) is 14.1. The van der Waals surface area contributed by atoms with E-state index in [0.29, 0.717) is 11.3 Å². The van der Waals surface area contributed by atoms with Gasteiger partial charge in [-0.1, -0.05) is 19.1 Å². The Morgan fingerprint density at radius 2 is 2.26 bits per heavy atom. The van der Waals surface area contributed by atoms with Gasteiger partial charge in [0, 0.05) is 11.6 Å². The van der Waals surface area contributed by atoms with Crippen molar-refractivity contribution in [2.24, 2.45) is 0 Å². The largest absolute Gasteiger partial charge is 0.496 e. The maximum Gasteiger partial charge on any atom is 0.131 e. The molecule has 1 atom stereocenters. The van der Waals surface area contributed by atoms with E-state index < -0.39 is 0 Å². The number of allylic oxidation sites excluding steroid dienone is 1. The summed E-state index contributed by atoms with van der Waals surface area (Å²) >= 11 is 0. The first-order chi connectivity index (χ1) is 9.24. The Morgan fingerprint density at radius 3 is 2.89 bits per heavy atom. The first-order valence-corrected chi connectivity index (χ1v) is 6.91. The minimum Gasteiger partial charge on any atom is -0.496 e. The number of rotatable bonds is 9. The van der Waals surface area contributed by atoms with Crippen molar-refractivity contribution in [3.63, 3.8) is 0 Å². The Labute approximate surface area is 115 Å². The van der Waals surface area contributed by atoms with Gasteiger partial charge in [0.2, 0.25) is 0 Å². The summed E-state index contributed by atoms with van der Waals surface area (Å²) in [5.41, 5.74) is 0.641. The number of benzene rings is 1. The lowest BCUT2D eigenvalue weighted by Crippen LogP contribution is -2.23. The fraction of sp³-hybridized carbons (Fsp3) is 0.500. The van der Waals surface area contributed by atoms with Gasteiger partial charge in [-0.15, -0.1) is 6.58 Å². The summed E-state index contributed by atoms with van der Waals surface area (Å²) in [6, 6.07) is 4.98. The first-order valence-electron chi connectivity index (χ1n) is 6.91. The van der Waals surface area contributed by atoms with E-state index in [-0.39, 0.29) is 11.9 Å². The molecule has 1 aromatic rings. The van der Waals surface area contributed by atoms with Crippen LogP contribution in [0.3, 0.4) is 0 Å². The molecule has 0 fully saturated rings. The Morgan fingerprint density at radius 1 is 1.47 bits per heavy atom. The average molecular weight is 265 g/mol. The van der Waals surface area contributed by atoms with E-state index in [1.165, 1.54) is 6.07 Å². The standard InChI is InChI=1S/C16H24FNO/c1-4-6-7-10-14(18-12-5-2)16-13(17)9-8-11-15(16)19-3/h4,8-9,11,14,18H,1,5-7,10,12H2,2-3H3. The second-order valence-corrected chi connectivity index (χ2v) is 4.58. The molecule has 0 radical (unpaired) electrons. The first kappa shape index (κ1) is 15.7. The summed E-state index contributed by atoms with van der Waals surface area (Å²) in [5, 5.41) is 3.41. The van der Waals surface area contributed by atoms with Crippen LogP contribution in [0.5, 0.6) is 5.75 Å². The van der Waals surface area contributed by atoms with Crippen molar-refractivity contribution in [1.82, 2.24) is 5.32 Å². The lowest BCUT2D eigenvalue weighted by Gasteiger charge is -2.21. The van der Waals surface area contributed by atoms with Crippen LogP contribution >= 0.6 is 0 Å². The molecule has 0 saturated carbocycles. The summed E-state index contributed by atoms with van der Waals surface area (Å²) in [6.45, 7) is 6.70. The molecular formula is C16H24FNO. The van der Waals surface area contributed by atoms with Crippen molar-refractivity contribution in [2.45, 2.75) is 38.6 Å². The van der Waals surface area contributed by atoms with Gasteiger partial charge < -0.3 is 10.1 Å². The van der Waals surface area contributed by atoms with Gasteiger partial charge in [0.15, 0.2) is 0 Å². The highest BCUT2D eigenvalue weighted by Crippen LogP contribution is 2.31. The van der Waals surface area contributed by atoms with Gasteiger partial charge in [0.05, 0.1) is 7.11 Å². The molecule has 1 N–H and O–H groups in total. The second-order valence-electron chi connectivity index (χ2n) is 4.58. The van der Waals surface area contributed by atoms with Crippen molar-refractivity contribution in [3.05, 3.63) is 42.2 Å². The highest BCUT2D eigenvalue weighted by atomic mass is 19.1. The zero-order valence-electron chi connectivity index (χ0n) is 11.9. The van der Waals surface area contributed by atoms with E-state index >= 15 is 0 Å². The molecule has 3 heteroatoms. The molecule has 0 amide bonds. The Hall–Kier alpha value is -1.35. The number of nitrogens with one attached hydrogen (secondary N) is 1. The number of ether oxygens (including phenoxy) is 1. The SMILES string of the molecule is C=CCCCC(NCCC)c1c(F)cccc1OC. The maximum absolute atomic E-state index is 14.1. The minimum atomic E-state index is -0.202. The summed E-state index contributed by atoms with van der Waals surface area (Å²) in [6.07, 6.45) is 5.73. The van der Waals surface area contributed by atoms with Crippen LogP contribution in [0.15, 0.2) is 30.9 Å². The van der Waals surface area contributed by atoms with Gasteiger partial charge in [-0.05, 0) is 44.4 Å². The van der Waals surface area contributed by atoms with Crippen LogP contribution in [0.4, 0.5) is 4.39 Å².